The Bertz CT molecular complexity index is 633. The number of rotatable bonds is 5. The summed E-state index contributed by atoms with van der Waals surface area (Å²) in [6.45, 7) is 4.36. The van der Waals surface area contributed by atoms with E-state index >= 15 is 0 Å². The Labute approximate surface area is 136 Å². The van der Waals surface area contributed by atoms with Crippen molar-refractivity contribution in [1.29, 1.82) is 0 Å². The highest BCUT2D eigenvalue weighted by atomic mass is 79.9. The SMILES string of the molecule is CC(C)Oc1cc([N+](=O)[O-])c(C=NC23COC(C2)C3)cc1Br. The molecule has 1 aromatic rings. The second-order valence-electron chi connectivity index (χ2n) is 6.09. The maximum absolute atomic E-state index is 11.3. The van der Waals surface area contributed by atoms with E-state index in [-0.39, 0.29) is 17.3 Å². The van der Waals surface area contributed by atoms with Gasteiger partial charge in [0.15, 0.2) is 0 Å². The summed E-state index contributed by atoms with van der Waals surface area (Å²) in [7, 11) is 0. The van der Waals surface area contributed by atoms with E-state index in [0.29, 0.717) is 28.5 Å². The lowest BCUT2D eigenvalue weighted by Gasteiger charge is -2.30. The van der Waals surface area contributed by atoms with Gasteiger partial charge in [-0.05, 0) is 35.8 Å². The molecule has 0 aromatic heterocycles. The van der Waals surface area contributed by atoms with Gasteiger partial charge >= 0.3 is 0 Å². The van der Waals surface area contributed by atoms with Crippen molar-refractivity contribution in [2.45, 2.75) is 44.4 Å². The lowest BCUT2D eigenvalue weighted by atomic mass is 9.79. The van der Waals surface area contributed by atoms with Crippen LogP contribution in [0.15, 0.2) is 21.6 Å². The van der Waals surface area contributed by atoms with Crippen LogP contribution in [0, 0.1) is 10.1 Å². The number of hydrogen-bond donors (Lipinski definition) is 0. The van der Waals surface area contributed by atoms with Crippen molar-refractivity contribution >= 4 is 27.8 Å². The minimum Gasteiger partial charge on any atom is -0.490 e. The standard InChI is InChI=1S/C15H17BrN2O4/c1-9(2)22-14-4-13(18(19)20)10(3-12(14)16)7-17-15-5-11(6-15)21-8-15/h3-4,7,9,11H,5-6,8H2,1-2H3. The zero-order valence-electron chi connectivity index (χ0n) is 12.4. The lowest BCUT2D eigenvalue weighted by Crippen LogP contribution is -2.37. The van der Waals surface area contributed by atoms with Crippen LogP contribution in [0.2, 0.25) is 0 Å². The molecular formula is C15H17BrN2O4. The molecule has 0 N–H and O–H groups in total. The first kappa shape index (κ1) is 15.4. The van der Waals surface area contributed by atoms with Gasteiger partial charge in [-0.25, -0.2) is 0 Å². The normalized spacial score (nSPS) is 26.5. The fraction of sp³-hybridized carbons (Fsp3) is 0.533. The van der Waals surface area contributed by atoms with Gasteiger partial charge in [0, 0.05) is 19.1 Å². The Kier molecular flexibility index (Phi) is 3.94. The van der Waals surface area contributed by atoms with Crippen LogP contribution in [0.4, 0.5) is 5.69 Å². The number of halogens is 1. The Hall–Kier alpha value is -1.47. The van der Waals surface area contributed by atoms with Gasteiger partial charge in [-0.15, -0.1) is 0 Å². The predicted molar refractivity (Wildman–Crippen MR) is 85.9 cm³/mol. The maximum atomic E-state index is 11.3. The lowest BCUT2D eigenvalue weighted by molar-refractivity contribution is -0.385. The maximum Gasteiger partial charge on any atom is 0.281 e. The largest absolute Gasteiger partial charge is 0.490 e. The molecule has 4 rings (SSSR count). The summed E-state index contributed by atoms with van der Waals surface area (Å²) in [5.74, 6) is 0.463. The molecule has 118 valence electrons. The van der Waals surface area contributed by atoms with Crippen molar-refractivity contribution in [1.82, 2.24) is 0 Å². The van der Waals surface area contributed by atoms with Gasteiger partial charge in [0.2, 0.25) is 0 Å². The Morgan fingerprint density at radius 3 is 2.82 bits per heavy atom. The third-order valence-electron chi connectivity index (χ3n) is 3.92. The van der Waals surface area contributed by atoms with Crippen molar-refractivity contribution in [3.63, 3.8) is 0 Å². The average molecular weight is 369 g/mol. The molecular weight excluding hydrogens is 352 g/mol. The Morgan fingerprint density at radius 2 is 2.27 bits per heavy atom. The summed E-state index contributed by atoms with van der Waals surface area (Å²) in [5, 5.41) is 11.3. The average Bonchev–Trinajstić information content (AvgIpc) is 2.98. The van der Waals surface area contributed by atoms with Gasteiger partial charge < -0.3 is 9.47 Å². The first-order valence-corrected chi connectivity index (χ1v) is 7.99. The van der Waals surface area contributed by atoms with E-state index in [9.17, 15) is 10.1 Å². The van der Waals surface area contributed by atoms with E-state index in [0.717, 1.165) is 12.8 Å². The fourth-order valence-electron chi connectivity index (χ4n) is 2.81. The Morgan fingerprint density at radius 1 is 1.55 bits per heavy atom. The fourth-order valence-corrected chi connectivity index (χ4v) is 3.26. The van der Waals surface area contributed by atoms with Crippen LogP contribution in [-0.4, -0.2) is 35.5 Å². The first-order valence-electron chi connectivity index (χ1n) is 7.20. The van der Waals surface area contributed by atoms with Crippen molar-refractivity contribution in [2.75, 3.05) is 6.61 Å². The second-order valence-corrected chi connectivity index (χ2v) is 6.94. The molecule has 3 aliphatic rings. The van der Waals surface area contributed by atoms with Gasteiger partial charge in [-0.3, -0.25) is 15.1 Å². The highest BCUT2D eigenvalue weighted by Crippen LogP contribution is 2.45. The third kappa shape index (κ3) is 2.87. The number of nitro benzene ring substituents is 1. The molecule has 0 unspecified atom stereocenters. The molecule has 2 heterocycles. The predicted octanol–water partition coefficient (Wildman–Crippen LogP) is 3.49. The molecule has 2 saturated heterocycles. The molecule has 3 fully saturated rings. The van der Waals surface area contributed by atoms with E-state index < -0.39 is 4.92 Å². The summed E-state index contributed by atoms with van der Waals surface area (Å²) < 4.78 is 11.8. The molecule has 1 saturated carbocycles. The molecule has 0 radical (unpaired) electrons. The summed E-state index contributed by atoms with van der Waals surface area (Å²) in [6, 6.07) is 3.12. The van der Waals surface area contributed by atoms with Crippen LogP contribution in [0.3, 0.4) is 0 Å². The van der Waals surface area contributed by atoms with Gasteiger partial charge in [-0.1, -0.05) is 0 Å². The van der Waals surface area contributed by atoms with Gasteiger partial charge in [0.1, 0.15) is 5.75 Å². The van der Waals surface area contributed by atoms with Crippen molar-refractivity contribution in [3.05, 3.63) is 32.3 Å². The monoisotopic (exact) mass is 368 g/mol. The van der Waals surface area contributed by atoms with Crippen LogP contribution >= 0.6 is 15.9 Å². The van der Waals surface area contributed by atoms with E-state index in [1.165, 1.54) is 6.07 Å². The van der Waals surface area contributed by atoms with Crippen LogP contribution in [0.25, 0.3) is 0 Å². The zero-order chi connectivity index (χ0) is 15.9. The van der Waals surface area contributed by atoms with Crippen LogP contribution in [0.1, 0.15) is 32.3 Å². The van der Waals surface area contributed by atoms with Crippen LogP contribution in [0.5, 0.6) is 5.75 Å². The molecule has 1 aliphatic carbocycles. The Balaban J connectivity index is 1.91. The number of benzene rings is 1. The van der Waals surface area contributed by atoms with Crippen molar-refractivity contribution < 1.29 is 14.4 Å². The minimum absolute atomic E-state index is 0.00575. The molecule has 0 atom stereocenters. The molecule has 7 heteroatoms. The highest BCUT2D eigenvalue weighted by Gasteiger charge is 2.51. The molecule has 0 spiro atoms. The van der Waals surface area contributed by atoms with E-state index in [1.54, 1.807) is 12.3 Å². The smallest absolute Gasteiger partial charge is 0.281 e. The number of hydrogen-bond acceptors (Lipinski definition) is 5. The molecule has 6 nitrogen and oxygen atoms in total. The number of nitrogens with zero attached hydrogens (tertiary/aromatic N) is 2. The van der Waals surface area contributed by atoms with Crippen molar-refractivity contribution in [3.8, 4) is 5.75 Å². The van der Waals surface area contributed by atoms with Gasteiger partial charge in [0.25, 0.3) is 5.69 Å². The number of fused-ring (bicyclic) bond motifs is 1. The summed E-state index contributed by atoms with van der Waals surface area (Å²) in [5.41, 5.74) is 0.296. The number of aliphatic imine (C=N–C) groups is 1. The minimum atomic E-state index is -0.409. The van der Waals surface area contributed by atoms with Crippen LogP contribution in [-0.2, 0) is 4.74 Å². The summed E-state index contributed by atoms with van der Waals surface area (Å²) >= 11 is 3.40. The highest BCUT2D eigenvalue weighted by molar-refractivity contribution is 9.10. The van der Waals surface area contributed by atoms with Gasteiger partial charge in [-0.2, -0.15) is 0 Å². The number of ether oxygens (including phenoxy) is 2. The zero-order valence-corrected chi connectivity index (χ0v) is 14.0. The summed E-state index contributed by atoms with van der Waals surface area (Å²) in [4.78, 5) is 15.4. The van der Waals surface area contributed by atoms with E-state index in [2.05, 4.69) is 20.9 Å². The third-order valence-corrected chi connectivity index (χ3v) is 4.54. The molecule has 0 amide bonds. The van der Waals surface area contributed by atoms with E-state index in [1.807, 2.05) is 13.8 Å². The van der Waals surface area contributed by atoms with E-state index in [4.69, 9.17) is 9.47 Å². The summed E-state index contributed by atoms with van der Waals surface area (Å²) in [6.07, 6.45) is 3.67. The molecule has 2 bridgehead atoms. The van der Waals surface area contributed by atoms with Gasteiger partial charge in [0.05, 0.1) is 45.4 Å². The quantitative estimate of drug-likeness (QED) is 0.452. The topological polar surface area (TPSA) is 74.0 Å². The number of nitro groups is 1. The van der Waals surface area contributed by atoms with Crippen molar-refractivity contribution in [2.24, 2.45) is 4.99 Å². The molecule has 2 aliphatic heterocycles. The molecule has 22 heavy (non-hydrogen) atoms. The molecule has 1 aromatic carbocycles. The first-order chi connectivity index (χ1) is 10.4. The second kappa shape index (κ2) is 5.62. The van der Waals surface area contributed by atoms with Crippen LogP contribution < -0.4 is 4.74 Å².